The highest BCUT2D eigenvalue weighted by Gasteiger charge is 2.12. The highest BCUT2D eigenvalue weighted by atomic mass is 35.5. The molecule has 0 unspecified atom stereocenters. The third-order valence-corrected chi connectivity index (χ3v) is 2.85. The number of nitrogens with one attached hydrogen (secondary N) is 1. The first-order valence-electron chi connectivity index (χ1n) is 5.06. The van der Waals surface area contributed by atoms with E-state index in [-0.39, 0.29) is 5.56 Å². The predicted octanol–water partition coefficient (Wildman–Crippen LogP) is 2.08. The van der Waals surface area contributed by atoms with Crippen LogP contribution in [0.2, 0.25) is 5.15 Å². The fourth-order valence-corrected chi connectivity index (χ4v) is 1.83. The van der Waals surface area contributed by atoms with E-state index in [1.165, 1.54) is 4.68 Å². The molecule has 0 fully saturated rings. The Morgan fingerprint density at radius 1 is 1.56 bits per heavy atom. The van der Waals surface area contributed by atoms with Gasteiger partial charge < -0.3 is 0 Å². The maximum Gasteiger partial charge on any atom is 0.274 e. The van der Waals surface area contributed by atoms with Crippen LogP contribution in [0.5, 0.6) is 0 Å². The highest BCUT2D eigenvalue weighted by Crippen LogP contribution is 2.15. The van der Waals surface area contributed by atoms with Gasteiger partial charge in [0.05, 0.1) is 0 Å². The molecule has 16 heavy (non-hydrogen) atoms. The van der Waals surface area contributed by atoms with Crippen LogP contribution >= 0.6 is 11.6 Å². The number of aromatic nitrogens is 3. The van der Waals surface area contributed by atoms with E-state index >= 15 is 0 Å². The third kappa shape index (κ3) is 1.65. The van der Waals surface area contributed by atoms with Gasteiger partial charge in [-0.3, -0.25) is 9.89 Å². The van der Waals surface area contributed by atoms with E-state index in [9.17, 15) is 4.79 Å². The van der Waals surface area contributed by atoms with Crippen LogP contribution in [-0.4, -0.2) is 14.8 Å². The molecule has 84 valence electrons. The Morgan fingerprint density at radius 3 is 2.88 bits per heavy atom. The largest absolute Gasteiger partial charge is 0.295 e. The van der Waals surface area contributed by atoms with Crippen LogP contribution in [0.4, 0.5) is 0 Å². The lowest BCUT2D eigenvalue weighted by molar-refractivity contribution is 0.815. The fraction of sp³-hybridized carbons (Fsp3) is 0.273. The van der Waals surface area contributed by atoms with Crippen molar-refractivity contribution in [1.29, 1.82) is 0 Å². The number of H-pyrrole nitrogens is 1. The van der Waals surface area contributed by atoms with E-state index in [0.29, 0.717) is 10.8 Å². The molecule has 2 aromatic rings. The van der Waals surface area contributed by atoms with Gasteiger partial charge in [0.15, 0.2) is 5.15 Å². The Morgan fingerprint density at radius 2 is 2.31 bits per heavy atom. The zero-order valence-corrected chi connectivity index (χ0v) is 9.88. The minimum atomic E-state index is -0.0771. The predicted molar refractivity (Wildman–Crippen MR) is 63.3 cm³/mol. The van der Waals surface area contributed by atoms with Crippen molar-refractivity contribution in [3.05, 3.63) is 45.1 Å². The summed E-state index contributed by atoms with van der Waals surface area (Å²) in [4.78, 5) is 15.9. The van der Waals surface area contributed by atoms with Gasteiger partial charge in [-0.2, -0.15) is 0 Å². The maximum atomic E-state index is 11.9. The molecule has 0 saturated heterocycles. The zero-order valence-electron chi connectivity index (χ0n) is 9.12. The molecular formula is C11H12ClN3O. The van der Waals surface area contributed by atoms with Crippen molar-refractivity contribution in [1.82, 2.24) is 14.8 Å². The summed E-state index contributed by atoms with van der Waals surface area (Å²) in [7, 11) is 0. The zero-order chi connectivity index (χ0) is 11.7. The maximum absolute atomic E-state index is 11.9. The average Bonchev–Trinajstić information content (AvgIpc) is 2.57. The molecule has 0 atom stereocenters. The van der Waals surface area contributed by atoms with Gasteiger partial charge in [0, 0.05) is 17.5 Å². The molecule has 0 radical (unpaired) electrons. The van der Waals surface area contributed by atoms with Crippen molar-refractivity contribution in [3.8, 4) is 5.69 Å². The van der Waals surface area contributed by atoms with Crippen LogP contribution in [-0.2, 0) is 6.42 Å². The van der Waals surface area contributed by atoms with E-state index < -0.39 is 0 Å². The summed E-state index contributed by atoms with van der Waals surface area (Å²) in [6.45, 7) is 3.80. The summed E-state index contributed by atoms with van der Waals surface area (Å²) in [5.41, 5.74) is 2.15. The molecule has 0 aliphatic rings. The molecule has 0 aliphatic heterocycles. The monoisotopic (exact) mass is 237 g/mol. The number of hydrogen-bond acceptors (Lipinski definition) is 2. The number of nitrogens with zero attached hydrogens (tertiary/aromatic N) is 2. The van der Waals surface area contributed by atoms with Gasteiger partial charge in [-0.15, -0.1) is 0 Å². The topological polar surface area (TPSA) is 50.7 Å². The van der Waals surface area contributed by atoms with Gasteiger partial charge in [-0.1, -0.05) is 18.5 Å². The first kappa shape index (κ1) is 11.0. The second-order valence-corrected chi connectivity index (χ2v) is 3.88. The van der Waals surface area contributed by atoms with Gasteiger partial charge in [0.25, 0.3) is 5.56 Å². The second-order valence-electron chi connectivity index (χ2n) is 3.52. The molecule has 4 nitrogen and oxygen atoms in total. The summed E-state index contributed by atoms with van der Waals surface area (Å²) < 4.78 is 1.43. The van der Waals surface area contributed by atoms with Crippen molar-refractivity contribution in [2.75, 3.05) is 0 Å². The summed E-state index contributed by atoms with van der Waals surface area (Å²) in [6.07, 6.45) is 2.37. The van der Waals surface area contributed by atoms with Crippen molar-refractivity contribution in [3.63, 3.8) is 0 Å². The van der Waals surface area contributed by atoms with E-state index in [1.807, 2.05) is 6.92 Å². The first-order valence-corrected chi connectivity index (χ1v) is 5.44. The Balaban J connectivity index is 2.66. The molecule has 0 aromatic carbocycles. The molecule has 2 heterocycles. The number of aromatic amines is 1. The van der Waals surface area contributed by atoms with E-state index in [4.69, 9.17) is 11.6 Å². The molecule has 0 spiro atoms. The summed E-state index contributed by atoms with van der Waals surface area (Å²) in [5, 5.41) is 3.35. The lowest BCUT2D eigenvalue weighted by atomic mass is 10.2. The second kappa shape index (κ2) is 4.14. The molecule has 0 amide bonds. The van der Waals surface area contributed by atoms with Crippen molar-refractivity contribution >= 4 is 11.6 Å². The van der Waals surface area contributed by atoms with Gasteiger partial charge >= 0.3 is 0 Å². The number of pyridine rings is 1. The fourth-order valence-electron chi connectivity index (χ4n) is 1.62. The van der Waals surface area contributed by atoms with Gasteiger partial charge in [0.1, 0.15) is 5.69 Å². The van der Waals surface area contributed by atoms with Crippen LogP contribution in [0.15, 0.2) is 23.1 Å². The number of aryl methyl sites for hydroxylation is 1. The van der Waals surface area contributed by atoms with Crippen LogP contribution < -0.4 is 5.56 Å². The standard InChI is InChI=1S/C11H12ClN3O/c1-3-8-7(2)11(16)15(14-8)9-5-4-6-13-10(9)12/h4-6,14H,3H2,1-2H3. The summed E-state index contributed by atoms with van der Waals surface area (Å²) in [6, 6.07) is 3.50. The Labute approximate surface area is 97.9 Å². The number of halogens is 1. The van der Waals surface area contributed by atoms with Gasteiger partial charge in [-0.25, -0.2) is 9.67 Å². The molecule has 1 N–H and O–H groups in total. The Hall–Kier alpha value is -1.55. The van der Waals surface area contributed by atoms with Crippen LogP contribution in [0.3, 0.4) is 0 Å². The van der Waals surface area contributed by atoms with Crippen LogP contribution in [0.1, 0.15) is 18.2 Å². The molecule has 2 rings (SSSR count). The van der Waals surface area contributed by atoms with Crippen LogP contribution in [0, 0.1) is 6.92 Å². The van der Waals surface area contributed by atoms with E-state index in [1.54, 1.807) is 25.3 Å². The lowest BCUT2D eigenvalue weighted by Gasteiger charge is -2.02. The van der Waals surface area contributed by atoms with E-state index in [0.717, 1.165) is 17.7 Å². The van der Waals surface area contributed by atoms with Crippen molar-refractivity contribution < 1.29 is 0 Å². The van der Waals surface area contributed by atoms with Gasteiger partial charge in [0.2, 0.25) is 0 Å². The SMILES string of the molecule is CCc1[nH]n(-c2cccnc2Cl)c(=O)c1C. The van der Waals surface area contributed by atoms with Crippen molar-refractivity contribution in [2.45, 2.75) is 20.3 Å². The number of hydrogen-bond donors (Lipinski definition) is 1. The normalized spacial score (nSPS) is 10.7. The highest BCUT2D eigenvalue weighted by molar-refractivity contribution is 6.31. The molecule has 0 aliphatic carbocycles. The third-order valence-electron chi connectivity index (χ3n) is 2.56. The summed E-state index contributed by atoms with van der Waals surface area (Å²) in [5.74, 6) is 0. The Kier molecular flexibility index (Phi) is 2.83. The molecule has 0 bridgehead atoms. The first-order chi connectivity index (χ1) is 7.65. The van der Waals surface area contributed by atoms with Crippen molar-refractivity contribution in [2.24, 2.45) is 0 Å². The van der Waals surface area contributed by atoms with Crippen LogP contribution in [0.25, 0.3) is 5.69 Å². The Bertz CT molecular complexity index is 571. The molecule has 0 saturated carbocycles. The molecule has 5 heteroatoms. The lowest BCUT2D eigenvalue weighted by Crippen LogP contribution is -2.16. The van der Waals surface area contributed by atoms with E-state index in [2.05, 4.69) is 10.1 Å². The van der Waals surface area contributed by atoms with Gasteiger partial charge in [-0.05, 0) is 25.5 Å². The minimum absolute atomic E-state index is 0.0771. The smallest absolute Gasteiger partial charge is 0.274 e. The molecule has 2 aromatic heterocycles. The quantitative estimate of drug-likeness (QED) is 0.813. The number of rotatable bonds is 2. The molecular weight excluding hydrogens is 226 g/mol. The minimum Gasteiger partial charge on any atom is -0.295 e. The average molecular weight is 238 g/mol. The summed E-state index contributed by atoms with van der Waals surface area (Å²) >= 11 is 5.94.